The van der Waals surface area contributed by atoms with Crippen molar-refractivity contribution in [2.45, 2.75) is 36.6 Å². The third-order valence-corrected chi connectivity index (χ3v) is 4.37. The molecule has 2 fully saturated rings. The van der Waals surface area contributed by atoms with Gasteiger partial charge in [0.25, 0.3) is 5.79 Å². The lowest BCUT2D eigenvalue weighted by Gasteiger charge is -2.33. The number of hydrogen-bond donors (Lipinski definition) is 5. The van der Waals surface area contributed by atoms with Gasteiger partial charge in [0.2, 0.25) is 0 Å². The molecule has 5 atom stereocenters. The van der Waals surface area contributed by atoms with E-state index in [1.165, 1.54) is 24.3 Å². The van der Waals surface area contributed by atoms with Gasteiger partial charge in [-0.2, -0.15) is 0 Å². The lowest BCUT2D eigenvalue weighted by atomic mass is 9.96. The summed E-state index contributed by atoms with van der Waals surface area (Å²) in [6.45, 7) is -0.395. The fraction of sp³-hybridized carbons (Fsp3) is 0.412. The highest BCUT2D eigenvalue weighted by Gasteiger charge is 2.61. The Hall–Kier alpha value is -2.66. The van der Waals surface area contributed by atoms with Gasteiger partial charge < -0.3 is 39.7 Å². The van der Waals surface area contributed by atoms with Gasteiger partial charge in [0.05, 0.1) is 6.10 Å². The van der Waals surface area contributed by atoms with Crippen LogP contribution in [-0.2, 0) is 23.8 Å². The van der Waals surface area contributed by atoms with Crippen molar-refractivity contribution in [2.75, 3.05) is 6.61 Å². The Labute approximate surface area is 152 Å². The smallest absolute Gasteiger partial charge is 0.364 e. The number of aliphatic hydroxyl groups excluding tert-OH is 2. The third-order valence-electron chi connectivity index (χ3n) is 4.37. The molecule has 146 valence electrons. The highest BCUT2D eigenvalue weighted by Crippen LogP contribution is 2.40. The van der Waals surface area contributed by atoms with Crippen LogP contribution in [0.15, 0.2) is 24.3 Å². The van der Waals surface area contributed by atoms with Crippen LogP contribution < -0.4 is 0 Å². The average molecular weight is 382 g/mol. The van der Waals surface area contributed by atoms with Crippen molar-refractivity contribution in [2.24, 2.45) is 0 Å². The number of fused-ring (bicyclic) bond motifs is 2. The van der Waals surface area contributed by atoms with Crippen molar-refractivity contribution in [3.05, 3.63) is 29.8 Å². The van der Waals surface area contributed by atoms with E-state index in [0.29, 0.717) is 5.56 Å². The summed E-state index contributed by atoms with van der Waals surface area (Å²) in [4.78, 5) is 23.2. The van der Waals surface area contributed by atoms with E-state index in [-0.39, 0.29) is 11.5 Å². The SMILES string of the molecule is O=C(C=Cc1ccc(O)c(O)c1)OC[C@H]1O[C@@]2(C(=O)O)C[C@@H](O)[C@@H](O)[C@@H]1O2. The van der Waals surface area contributed by atoms with Crippen LogP contribution in [0.5, 0.6) is 11.5 Å². The van der Waals surface area contributed by atoms with Gasteiger partial charge >= 0.3 is 11.9 Å². The van der Waals surface area contributed by atoms with Gasteiger partial charge in [-0.25, -0.2) is 9.59 Å². The van der Waals surface area contributed by atoms with E-state index in [0.717, 1.165) is 6.08 Å². The van der Waals surface area contributed by atoms with Crippen molar-refractivity contribution in [1.82, 2.24) is 0 Å². The maximum atomic E-state index is 11.8. The summed E-state index contributed by atoms with van der Waals surface area (Å²) < 4.78 is 15.5. The average Bonchev–Trinajstić information content (AvgIpc) is 2.95. The van der Waals surface area contributed by atoms with Crippen molar-refractivity contribution in [3.63, 3.8) is 0 Å². The lowest BCUT2D eigenvalue weighted by molar-refractivity contribution is -0.244. The predicted octanol–water partition coefficient (Wildman–Crippen LogP) is -0.655. The predicted molar refractivity (Wildman–Crippen MR) is 86.5 cm³/mol. The summed E-state index contributed by atoms with van der Waals surface area (Å²) in [5.74, 6) is -4.96. The molecular formula is C17H18O10. The van der Waals surface area contributed by atoms with Crippen LogP contribution >= 0.6 is 0 Å². The van der Waals surface area contributed by atoms with Gasteiger partial charge in [-0.1, -0.05) is 6.07 Å². The highest BCUT2D eigenvalue weighted by molar-refractivity contribution is 5.87. The third kappa shape index (κ3) is 3.74. The van der Waals surface area contributed by atoms with Gasteiger partial charge in [-0.3, -0.25) is 0 Å². The molecule has 2 aliphatic rings. The number of carbonyl (C=O) groups is 2. The summed E-state index contributed by atoms with van der Waals surface area (Å²) in [5.41, 5.74) is 0.432. The number of carboxylic acids is 1. The molecule has 1 aromatic rings. The summed E-state index contributed by atoms with van der Waals surface area (Å²) in [7, 11) is 0. The summed E-state index contributed by atoms with van der Waals surface area (Å²) in [6.07, 6.45) is -3.00. The van der Waals surface area contributed by atoms with Crippen LogP contribution in [0.25, 0.3) is 6.08 Å². The Morgan fingerprint density at radius 1 is 1.22 bits per heavy atom. The molecule has 1 aromatic carbocycles. The maximum Gasteiger partial charge on any atom is 0.364 e. The zero-order valence-corrected chi connectivity index (χ0v) is 13.9. The van der Waals surface area contributed by atoms with Gasteiger partial charge in [0.1, 0.15) is 24.9 Å². The number of carboxylic acid groups (broad SMARTS) is 1. The quantitative estimate of drug-likeness (QED) is 0.251. The zero-order chi connectivity index (χ0) is 19.8. The van der Waals surface area contributed by atoms with Crippen molar-refractivity contribution in [3.8, 4) is 11.5 Å². The van der Waals surface area contributed by atoms with Gasteiger partial charge in [-0.05, 0) is 23.8 Å². The fourth-order valence-corrected chi connectivity index (χ4v) is 2.97. The number of hydrogen-bond acceptors (Lipinski definition) is 9. The van der Waals surface area contributed by atoms with E-state index in [2.05, 4.69) is 0 Å². The normalized spacial score (nSPS) is 32.5. The summed E-state index contributed by atoms with van der Waals surface area (Å²) in [5, 5.41) is 47.6. The van der Waals surface area contributed by atoms with Crippen LogP contribution in [0.2, 0.25) is 0 Å². The number of esters is 1. The molecule has 2 saturated heterocycles. The number of carbonyl (C=O) groups excluding carboxylic acids is 1. The van der Waals surface area contributed by atoms with Crippen LogP contribution in [0.1, 0.15) is 12.0 Å². The monoisotopic (exact) mass is 382 g/mol. The highest BCUT2D eigenvalue weighted by atomic mass is 16.8. The van der Waals surface area contributed by atoms with E-state index in [4.69, 9.17) is 14.2 Å². The molecular weight excluding hydrogens is 364 g/mol. The van der Waals surface area contributed by atoms with Gasteiger partial charge in [0, 0.05) is 12.5 Å². The standard InChI is InChI=1S/C17H18O10/c18-9-3-1-8(5-10(9)19)2-4-13(21)25-7-12-15-14(22)11(20)6-17(26-12,27-15)16(23)24/h1-5,11-12,14-15,18-20,22H,6-7H2,(H,23,24)/t11-,12-,14-,15-,17+/m1/s1. The van der Waals surface area contributed by atoms with Crippen LogP contribution in [-0.4, -0.2) is 74.3 Å². The zero-order valence-electron chi connectivity index (χ0n) is 13.9. The second-order valence-electron chi connectivity index (χ2n) is 6.27. The Kier molecular flexibility index (Phi) is 5.07. The minimum atomic E-state index is -2.08. The van der Waals surface area contributed by atoms with E-state index in [9.17, 15) is 35.1 Å². The first kappa shape index (κ1) is 19.1. The molecule has 0 spiro atoms. The van der Waals surface area contributed by atoms with Crippen molar-refractivity contribution in [1.29, 1.82) is 0 Å². The van der Waals surface area contributed by atoms with Crippen LogP contribution in [0.4, 0.5) is 0 Å². The lowest BCUT2D eigenvalue weighted by Crippen LogP contribution is -2.53. The van der Waals surface area contributed by atoms with Gasteiger partial charge in [0.15, 0.2) is 11.5 Å². The fourth-order valence-electron chi connectivity index (χ4n) is 2.97. The number of phenolic OH excluding ortho intramolecular Hbond substituents is 2. The molecule has 0 aliphatic carbocycles. The molecule has 2 aliphatic heterocycles. The number of benzene rings is 1. The number of ether oxygens (including phenoxy) is 3. The number of aromatic hydroxyl groups is 2. The number of rotatable bonds is 5. The molecule has 2 bridgehead atoms. The van der Waals surface area contributed by atoms with Crippen LogP contribution in [0, 0.1) is 0 Å². The largest absolute Gasteiger partial charge is 0.504 e. The minimum Gasteiger partial charge on any atom is -0.504 e. The Bertz CT molecular complexity index is 775. The molecule has 10 heteroatoms. The number of aliphatic carboxylic acids is 1. The molecule has 3 rings (SSSR count). The Morgan fingerprint density at radius 3 is 2.63 bits per heavy atom. The number of phenols is 2. The summed E-state index contributed by atoms with van der Waals surface area (Å²) in [6, 6.07) is 3.96. The van der Waals surface area contributed by atoms with Gasteiger partial charge in [-0.15, -0.1) is 0 Å². The molecule has 0 unspecified atom stereocenters. The van der Waals surface area contributed by atoms with Crippen LogP contribution in [0.3, 0.4) is 0 Å². The Morgan fingerprint density at radius 2 is 1.96 bits per heavy atom. The topological polar surface area (TPSA) is 163 Å². The van der Waals surface area contributed by atoms with E-state index >= 15 is 0 Å². The van der Waals surface area contributed by atoms with Crippen molar-refractivity contribution < 1.29 is 49.3 Å². The first-order valence-electron chi connectivity index (χ1n) is 8.04. The molecule has 10 nitrogen and oxygen atoms in total. The second kappa shape index (κ2) is 7.16. The molecule has 0 saturated carbocycles. The van der Waals surface area contributed by atoms with Crippen molar-refractivity contribution >= 4 is 18.0 Å². The molecule has 0 amide bonds. The second-order valence-corrected chi connectivity index (χ2v) is 6.27. The summed E-state index contributed by atoms with van der Waals surface area (Å²) >= 11 is 0. The minimum absolute atomic E-state index is 0.299. The molecule has 0 aromatic heterocycles. The van der Waals surface area contributed by atoms with E-state index in [1.807, 2.05) is 0 Å². The van der Waals surface area contributed by atoms with E-state index < -0.39 is 55.2 Å². The van der Waals surface area contributed by atoms with E-state index in [1.54, 1.807) is 0 Å². The molecule has 27 heavy (non-hydrogen) atoms. The number of aliphatic hydroxyl groups is 2. The molecule has 0 radical (unpaired) electrons. The molecule has 5 N–H and O–H groups in total. The Balaban J connectivity index is 1.61. The molecule has 2 heterocycles. The maximum absolute atomic E-state index is 11.8. The first-order valence-corrected chi connectivity index (χ1v) is 8.04. The first-order chi connectivity index (χ1) is 12.7.